The number of nitrogens with zero attached hydrogens (tertiary/aromatic N) is 2. The molecule has 134 valence electrons. The smallest absolute Gasteiger partial charge is 0.328 e. The number of fused-ring (bicyclic) bond motifs is 1. The molecule has 1 fully saturated rings. The summed E-state index contributed by atoms with van der Waals surface area (Å²) in [5.74, 6) is 0.0802. The van der Waals surface area contributed by atoms with Crippen LogP contribution in [-0.2, 0) is 11.3 Å². The molecule has 0 atom stereocenters. The first-order valence-electron chi connectivity index (χ1n) is 9.13. The van der Waals surface area contributed by atoms with Gasteiger partial charge < -0.3 is 4.90 Å². The summed E-state index contributed by atoms with van der Waals surface area (Å²) in [7, 11) is 0. The molecule has 25 heavy (non-hydrogen) atoms. The van der Waals surface area contributed by atoms with E-state index in [2.05, 4.69) is 4.98 Å². The highest BCUT2D eigenvalue weighted by molar-refractivity contribution is 5.79. The molecule has 0 bridgehead atoms. The molecule has 3 rings (SSSR count). The summed E-state index contributed by atoms with van der Waals surface area (Å²) in [6.45, 7) is 2.98. The molecule has 6 heteroatoms. The minimum absolute atomic E-state index is 0.0802. The van der Waals surface area contributed by atoms with Crippen molar-refractivity contribution in [1.29, 1.82) is 0 Å². The van der Waals surface area contributed by atoms with Crippen molar-refractivity contribution in [2.75, 3.05) is 6.54 Å². The molecule has 1 saturated carbocycles. The lowest BCUT2D eigenvalue weighted by atomic mass is 9.94. The second kappa shape index (κ2) is 7.68. The molecule has 1 aliphatic carbocycles. The summed E-state index contributed by atoms with van der Waals surface area (Å²) in [6, 6.07) is 7.32. The SMILES string of the molecule is CCN(C(=O)CCn1c(=O)[nH]c(=O)c2ccccc21)C1CCCCC1. The Bertz CT molecular complexity index is 862. The largest absolute Gasteiger partial charge is 0.340 e. The lowest BCUT2D eigenvalue weighted by Gasteiger charge is -2.33. The van der Waals surface area contributed by atoms with Crippen LogP contribution in [0.15, 0.2) is 33.9 Å². The predicted molar refractivity (Wildman–Crippen MR) is 97.7 cm³/mol. The van der Waals surface area contributed by atoms with Crippen molar-refractivity contribution in [1.82, 2.24) is 14.5 Å². The molecular weight excluding hydrogens is 318 g/mol. The van der Waals surface area contributed by atoms with Crippen molar-refractivity contribution >= 4 is 16.8 Å². The van der Waals surface area contributed by atoms with Gasteiger partial charge >= 0.3 is 5.69 Å². The van der Waals surface area contributed by atoms with Crippen molar-refractivity contribution in [2.45, 2.75) is 58.0 Å². The van der Waals surface area contributed by atoms with E-state index in [0.717, 1.165) is 12.8 Å². The Morgan fingerprint density at radius 2 is 1.92 bits per heavy atom. The van der Waals surface area contributed by atoms with Gasteiger partial charge in [-0.1, -0.05) is 31.4 Å². The molecule has 1 aliphatic rings. The highest BCUT2D eigenvalue weighted by atomic mass is 16.2. The van der Waals surface area contributed by atoms with Crippen LogP contribution in [0.4, 0.5) is 0 Å². The van der Waals surface area contributed by atoms with E-state index in [1.165, 1.54) is 23.8 Å². The molecule has 0 spiro atoms. The number of amides is 1. The van der Waals surface area contributed by atoms with E-state index >= 15 is 0 Å². The van der Waals surface area contributed by atoms with E-state index in [1.54, 1.807) is 24.3 Å². The van der Waals surface area contributed by atoms with Crippen LogP contribution in [0, 0.1) is 0 Å². The molecule has 6 nitrogen and oxygen atoms in total. The lowest BCUT2D eigenvalue weighted by Crippen LogP contribution is -2.42. The summed E-state index contributed by atoms with van der Waals surface area (Å²) in [4.78, 5) is 41.1. The number of nitrogens with one attached hydrogen (secondary N) is 1. The summed E-state index contributed by atoms with van der Waals surface area (Å²) in [5, 5.41) is 0.467. The number of carbonyl (C=O) groups excluding carboxylic acids is 1. The Morgan fingerprint density at radius 1 is 1.20 bits per heavy atom. The Kier molecular flexibility index (Phi) is 5.36. The zero-order valence-corrected chi connectivity index (χ0v) is 14.7. The fourth-order valence-corrected chi connectivity index (χ4v) is 3.85. The third-order valence-electron chi connectivity index (χ3n) is 5.13. The highest BCUT2D eigenvalue weighted by Crippen LogP contribution is 2.23. The number of hydrogen-bond donors (Lipinski definition) is 1. The summed E-state index contributed by atoms with van der Waals surface area (Å²) >= 11 is 0. The summed E-state index contributed by atoms with van der Waals surface area (Å²) in [5.41, 5.74) is -0.275. The zero-order chi connectivity index (χ0) is 17.8. The lowest BCUT2D eigenvalue weighted by molar-refractivity contribution is -0.134. The van der Waals surface area contributed by atoms with Crippen LogP contribution < -0.4 is 11.2 Å². The Labute approximate surface area is 146 Å². The number of aromatic amines is 1. The van der Waals surface area contributed by atoms with Crippen LogP contribution in [0.3, 0.4) is 0 Å². The van der Waals surface area contributed by atoms with Gasteiger partial charge in [-0.05, 0) is 31.9 Å². The molecule has 1 heterocycles. The van der Waals surface area contributed by atoms with Crippen LogP contribution in [0.25, 0.3) is 10.9 Å². The second-order valence-electron chi connectivity index (χ2n) is 6.65. The normalized spacial score (nSPS) is 15.4. The Balaban J connectivity index is 1.79. The Hall–Kier alpha value is -2.37. The van der Waals surface area contributed by atoms with Crippen molar-refractivity contribution in [2.24, 2.45) is 0 Å². The molecule has 1 amide bonds. The van der Waals surface area contributed by atoms with Crippen molar-refractivity contribution in [3.63, 3.8) is 0 Å². The van der Waals surface area contributed by atoms with Gasteiger partial charge in [0, 0.05) is 25.6 Å². The number of hydrogen-bond acceptors (Lipinski definition) is 3. The quantitative estimate of drug-likeness (QED) is 0.905. The molecule has 1 aromatic carbocycles. The van der Waals surface area contributed by atoms with Gasteiger partial charge in [0.25, 0.3) is 5.56 Å². The zero-order valence-electron chi connectivity index (χ0n) is 14.7. The van der Waals surface area contributed by atoms with Crippen molar-refractivity contribution < 1.29 is 4.79 Å². The van der Waals surface area contributed by atoms with Gasteiger partial charge in [0.15, 0.2) is 0 Å². The fourth-order valence-electron chi connectivity index (χ4n) is 3.85. The van der Waals surface area contributed by atoms with E-state index in [0.29, 0.717) is 23.5 Å². The predicted octanol–water partition coefficient (Wildman–Crippen LogP) is 2.26. The number of rotatable bonds is 5. The van der Waals surface area contributed by atoms with Gasteiger partial charge in [-0.2, -0.15) is 0 Å². The first-order chi connectivity index (χ1) is 12.1. The monoisotopic (exact) mass is 343 g/mol. The highest BCUT2D eigenvalue weighted by Gasteiger charge is 2.24. The second-order valence-corrected chi connectivity index (χ2v) is 6.65. The van der Waals surface area contributed by atoms with Gasteiger partial charge in [0.05, 0.1) is 10.9 Å². The van der Waals surface area contributed by atoms with E-state index in [9.17, 15) is 14.4 Å². The molecule has 0 saturated heterocycles. The third-order valence-corrected chi connectivity index (χ3v) is 5.13. The minimum atomic E-state index is -0.461. The molecule has 1 N–H and O–H groups in total. The molecule has 2 aromatic rings. The van der Waals surface area contributed by atoms with Gasteiger partial charge in [-0.3, -0.25) is 19.1 Å². The first-order valence-corrected chi connectivity index (χ1v) is 9.13. The van der Waals surface area contributed by atoms with Gasteiger partial charge in [-0.25, -0.2) is 4.79 Å². The molecule has 0 aliphatic heterocycles. The molecular formula is C19H25N3O3. The van der Waals surface area contributed by atoms with E-state index in [1.807, 2.05) is 11.8 Å². The van der Waals surface area contributed by atoms with Crippen LogP contribution in [-0.4, -0.2) is 32.9 Å². The van der Waals surface area contributed by atoms with Crippen LogP contribution in [0.2, 0.25) is 0 Å². The molecule has 0 unspecified atom stereocenters. The topological polar surface area (TPSA) is 75.2 Å². The number of H-pyrrole nitrogens is 1. The standard InChI is InChI=1S/C19H25N3O3/c1-2-21(14-8-4-3-5-9-14)17(23)12-13-22-16-11-7-6-10-15(16)18(24)20-19(22)25/h6-7,10-11,14H,2-5,8-9,12-13H2,1H3,(H,20,24,25). The van der Waals surface area contributed by atoms with Crippen LogP contribution >= 0.6 is 0 Å². The molecule has 1 aromatic heterocycles. The average molecular weight is 343 g/mol. The van der Waals surface area contributed by atoms with E-state index in [-0.39, 0.29) is 24.4 Å². The average Bonchev–Trinajstić information content (AvgIpc) is 2.63. The number of carbonyl (C=O) groups is 1. The van der Waals surface area contributed by atoms with Crippen molar-refractivity contribution in [3.05, 3.63) is 45.1 Å². The van der Waals surface area contributed by atoms with E-state index < -0.39 is 5.69 Å². The summed E-state index contributed by atoms with van der Waals surface area (Å²) < 4.78 is 1.49. The third kappa shape index (κ3) is 3.67. The minimum Gasteiger partial charge on any atom is -0.340 e. The van der Waals surface area contributed by atoms with Gasteiger partial charge in [-0.15, -0.1) is 0 Å². The number of aryl methyl sites for hydroxylation is 1. The Morgan fingerprint density at radius 3 is 2.64 bits per heavy atom. The maximum absolute atomic E-state index is 12.7. The maximum atomic E-state index is 12.7. The summed E-state index contributed by atoms with van der Waals surface area (Å²) in [6.07, 6.45) is 6.01. The number of benzene rings is 1. The van der Waals surface area contributed by atoms with Crippen molar-refractivity contribution in [3.8, 4) is 0 Å². The van der Waals surface area contributed by atoms with Crippen LogP contribution in [0.1, 0.15) is 45.4 Å². The fraction of sp³-hybridized carbons (Fsp3) is 0.526. The van der Waals surface area contributed by atoms with Gasteiger partial charge in [0.2, 0.25) is 5.91 Å². The number of para-hydroxylation sites is 1. The molecule has 0 radical (unpaired) electrons. The van der Waals surface area contributed by atoms with Gasteiger partial charge in [0.1, 0.15) is 0 Å². The number of aromatic nitrogens is 2. The van der Waals surface area contributed by atoms with Crippen LogP contribution in [0.5, 0.6) is 0 Å². The van der Waals surface area contributed by atoms with E-state index in [4.69, 9.17) is 0 Å². The first kappa shape index (κ1) is 17.5. The maximum Gasteiger partial charge on any atom is 0.328 e.